The Morgan fingerprint density at radius 2 is 1.76 bits per heavy atom. The largest absolute Gasteiger partial charge is 0.507 e. The minimum Gasteiger partial charge on any atom is -0.507 e. The molecule has 0 radical (unpaired) electrons. The number of anilines is 2. The maximum atomic E-state index is 11.8. The number of aromatic carboxylic acids is 1. The third-order valence-corrected chi connectivity index (χ3v) is 2.94. The second-order valence-electron chi connectivity index (χ2n) is 4.10. The summed E-state index contributed by atoms with van der Waals surface area (Å²) in [7, 11) is 0. The second kappa shape index (κ2) is 6.15. The van der Waals surface area contributed by atoms with Gasteiger partial charge in [-0.05, 0) is 24.3 Å². The molecule has 0 aliphatic carbocycles. The van der Waals surface area contributed by atoms with Crippen LogP contribution in [0.15, 0.2) is 42.5 Å². The van der Waals surface area contributed by atoms with Crippen molar-refractivity contribution < 1.29 is 19.8 Å². The Labute approximate surface area is 125 Å². The van der Waals surface area contributed by atoms with E-state index in [0.717, 1.165) is 6.07 Å². The van der Waals surface area contributed by atoms with E-state index in [0.29, 0.717) is 10.7 Å². The molecule has 0 aliphatic rings. The van der Waals surface area contributed by atoms with Crippen molar-refractivity contribution in [2.75, 3.05) is 10.6 Å². The van der Waals surface area contributed by atoms with Gasteiger partial charge in [0.25, 0.3) is 0 Å². The topological polar surface area (TPSA) is 98.7 Å². The zero-order valence-corrected chi connectivity index (χ0v) is 11.4. The lowest BCUT2D eigenvalue weighted by Crippen LogP contribution is -2.19. The molecular formula is C14H11ClN2O4. The maximum Gasteiger partial charge on any atom is 0.339 e. The van der Waals surface area contributed by atoms with Gasteiger partial charge in [-0.3, -0.25) is 0 Å². The predicted molar refractivity (Wildman–Crippen MR) is 79.2 cm³/mol. The number of phenols is 1. The first-order valence-electron chi connectivity index (χ1n) is 5.86. The van der Waals surface area contributed by atoms with Crippen molar-refractivity contribution in [1.82, 2.24) is 0 Å². The zero-order chi connectivity index (χ0) is 15.4. The number of halogens is 1. The number of benzene rings is 2. The average molecular weight is 307 g/mol. The highest BCUT2D eigenvalue weighted by atomic mass is 35.5. The molecule has 0 heterocycles. The molecule has 0 saturated heterocycles. The number of hydrogen-bond acceptors (Lipinski definition) is 3. The summed E-state index contributed by atoms with van der Waals surface area (Å²) in [6.45, 7) is 0. The number of nitrogens with one attached hydrogen (secondary N) is 2. The highest BCUT2D eigenvalue weighted by Crippen LogP contribution is 2.23. The van der Waals surface area contributed by atoms with Crippen molar-refractivity contribution in [3.63, 3.8) is 0 Å². The quantitative estimate of drug-likeness (QED) is 0.698. The summed E-state index contributed by atoms with van der Waals surface area (Å²) in [4.78, 5) is 22.5. The van der Waals surface area contributed by atoms with Gasteiger partial charge in [0, 0.05) is 11.8 Å². The van der Waals surface area contributed by atoms with E-state index in [9.17, 15) is 14.7 Å². The molecule has 4 N–H and O–H groups in total. The van der Waals surface area contributed by atoms with Gasteiger partial charge in [0.15, 0.2) is 0 Å². The van der Waals surface area contributed by atoms with E-state index in [-0.39, 0.29) is 11.3 Å². The van der Waals surface area contributed by atoms with E-state index >= 15 is 0 Å². The number of carbonyl (C=O) groups is 2. The Balaban J connectivity index is 2.08. The van der Waals surface area contributed by atoms with Gasteiger partial charge >= 0.3 is 12.0 Å². The number of carbonyl (C=O) groups excluding carboxylic acids is 1. The summed E-state index contributed by atoms with van der Waals surface area (Å²) in [5.74, 6) is -1.68. The van der Waals surface area contributed by atoms with E-state index < -0.39 is 17.7 Å². The van der Waals surface area contributed by atoms with Crippen LogP contribution in [-0.4, -0.2) is 22.2 Å². The number of urea groups is 1. The normalized spacial score (nSPS) is 9.95. The lowest BCUT2D eigenvalue weighted by molar-refractivity contribution is 0.0694. The van der Waals surface area contributed by atoms with Crippen LogP contribution in [0, 0.1) is 0 Å². The lowest BCUT2D eigenvalue weighted by atomic mass is 10.2. The molecule has 2 aromatic carbocycles. The average Bonchev–Trinajstić information content (AvgIpc) is 2.41. The Bertz CT molecular complexity index is 703. The van der Waals surface area contributed by atoms with Gasteiger partial charge in [-0.25, -0.2) is 9.59 Å². The molecule has 0 saturated carbocycles. The third-order valence-electron chi connectivity index (χ3n) is 2.61. The summed E-state index contributed by atoms with van der Waals surface area (Å²) in [6.07, 6.45) is 0. The van der Waals surface area contributed by atoms with Crippen LogP contribution in [0.25, 0.3) is 0 Å². The summed E-state index contributed by atoms with van der Waals surface area (Å²) in [5, 5.41) is 23.7. The molecule has 2 aromatic rings. The predicted octanol–water partition coefficient (Wildman–Crippen LogP) is 3.39. The van der Waals surface area contributed by atoms with Crippen molar-refractivity contribution in [2.24, 2.45) is 0 Å². The Kier molecular flexibility index (Phi) is 4.30. The molecule has 21 heavy (non-hydrogen) atoms. The summed E-state index contributed by atoms with van der Waals surface area (Å²) >= 11 is 5.90. The van der Waals surface area contributed by atoms with E-state index in [4.69, 9.17) is 16.7 Å². The van der Waals surface area contributed by atoms with Crippen molar-refractivity contribution in [3.05, 3.63) is 53.1 Å². The van der Waals surface area contributed by atoms with Gasteiger partial charge in [0.05, 0.1) is 10.7 Å². The fraction of sp³-hybridized carbons (Fsp3) is 0. The molecule has 0 spiro atoms. The molecule has 6 nitrogen and oxygen atoms in total. The maximum absolute atomic E-state index is 11.8. The highest BCUT2D eigenvalue weighted by molar-refractivity contribution is 6.33. The van der Waals surface area contributed by atoms with Gasteiger partial charge in [0.2, 0.25) is 0 Å². The van der Waals surface area contributed by atoms with Crippen molar-refractivity contribution in [3.8, 4) is 5.75 Å². The standard InChI is InChI=1S/C14H11ClN2O4/c15-10-3-1-2-4-11(10)17-14(21)16-8-5-6-9(13(19)20)12(18)7-8/h1-7,18H,(H,19,20)(H2,16,17,21). The van der Waals surface area contributed by atoms with Crippen LogP contribution < -0.4 is 10.6 Å². The number of para-hydroxylation sites is 1. The number of rotatable bonds is 3. The first kappa shape index (κ1) is 14.7. The van der Waals surface area contributed by atoms with Crippen molar-refractivity contribution in [2.45, 2.75) is 0 Å². The van der Waals surface area contributed by atoms with Crippen molar-refractivity contribution >= 4 is 35.0 Å². The minimum atomic E-state index is -1.25. The number of aromatic hydroxyl groups is 1. The molecule has 0 fully saturated rings. The highest BCUT2D eigenvalue weighted by Gasteiger charge is 2.11. The summed E-state index contributed by atoms with van der Waals surface area (Å²) < 4.78 is 0. The molecule has 7 heteroatoms. The Morgan fingerprint density at radius 1 is 1.05 bits per heavy atom. The minimum absolute atomic E-state index is 0.243. The van der Waals surface area contributed by atoms with E-state index in [1.165, 1.54) is 12.1 Å². The first-order chi connectivity index (χ1) is 9.97. The van der Waals surface area contributed by atoms with E-state index in [1.54, 1.807) is 24.3 Å². The van der Waals surface area contributed by atoms with Gasteiger partial charge < -0.3 is 20.8 Å². The Hall–Kier alpha value is -2.73. The lowest BCUT2D eigenvalue weighted by Gasteiger charge is -2.09. The molecule has 2 rings (SSSR count). The molecule has 0 atom stereocenters. The molecule has 0 bridgehead atoms. The fourth-order valence-corrected chi connectivity index (χ4v) is 1.82. The fourth-order valence-electron chi connectivity index (χ4n) is 1.64. The van der Waals surface area contributed by atoms with Crippen LogP contribution >= 0.6 is 11.6 Å². The van der Waals surface area contributed by atoms with Crippen LogP contribution in [0.4, 0.5) is 16.2 Å². The van der Waals surface area contributed by atoms with Crippen molar-refractivity contribution in [1.29, 1.82) is 0 Å². The SMILES string of the molecule is O=C(Nc1ccc(C(=O)O)c(O)c1)Nc1ccccc1Cl. The molecule has 0 unspecified atom stereocenters. The zero-order valence-electron chi connectivity index (χ0n) is 10.6. The van der Waals surface area contributed by atoms with Gasteiger partial charge in [-0.2, -0.15) is 0 Å². The van der Waals surface area contributed by atoms with Crippen LogP contribution in [0.5, 0.6) is 5.75 Å². The van der Waals surface area contributed by atoms with Gasteiger partial charge in [0.1, 0.15) is 11.3 Å². The van der Waals surface area contributed by atoms with Gasteiger partial charge in [-0.1, -0.05) is 23.7 Å². The number of carboxylic acids is 1. The first-order valence-corrected chi connectivity index (χ1v) is 6.24. The molecule has 2 amide bonds. The third kappa shape index (κ3) is 3.64. The summed E-state index contributed by atoms with van der Waals surface area (Å²) in [5.41, 5.74) is 0.442. The Morgan fingerprint density at radius 3 is 2.38 bits per heavy atom. The monoisotopic (exact) mass is 306 g/mol. The summed E-state index contributed by atoms with van der Waals surface area (Å²) in [6, 6.07) is 9.86. The van der Waals surface area contributed by atoms with E-state index in [1.807, 2.05) is 0 Å². The van der Waals surface area contributed by atoms with E-state index in [2.05, 4.69) is 10.6 Å². The molecular weight excluding hydrogens is 296 g/mol. The molecule has 0 aromatic heterocycles. The molecule has 108 valence electrons. The molecule has 0 aliphatic heterocycles. The number of amides is 2. The van der Waals surface area contributed by atoms with Gasteiger partial charge in [-0.15, -0.1) is 0 Å². The number of hydrogen-bond donors (Lipinski definition) is 4. The van der Waals surface area contributed by atoms with Crippen LogP contribution in [0.1, 0.15) is 10.4 Å². The van der Waals surface area contributed by atoms with Crippen LogP contribution in [0.3, 0.4) is 0 Å². The second-order valence-corrected chi connectivity index (χ2v) is 4.50. The van der Waals surface area contributed by atoms with Crippen LogP contribution in [-0.2, 0) is 0 Å². The van der Waals surface area contributed by atoms with Crippen LogP contribution in [0.2, 0.25) is 5.02 Å². The smallest absolute Gasteiger partial charge is 0.339 e. The number of carboxylic acid groups (broad SMARTS) is 1.